The molecule has 4 heterocycles. The van der Waals surface area contributed by atoms with Gasteiger partial charge in [0.2, 0.25) is 0 Å². The molecule has 0 bridgehead atoms. The summed E-state index contributed by atoms with van der Waals surface area (Å²) in [5, 5.41) is 11.9. The molecule has 0 radical (unpaired) electrons. The SMILES string of the molecule is Cc1nn(CCOCCNC(=O)OC(C)(C)C)c2cc(C(=O)Nc3cc4c(cn3)cc([C@H]3CCCN3C)n4C(=O)OC(C)(C)C)ccc12. The van der Waals surface area contributed by atoms with E-state index in [2.05, 4.69) is 32.7 Å². The van der Waals surface area contributed by atoms with Gasteiger partial charge in [0.25, 0.3) is 5.91 Å². The van der Waals surface area contributed by atoms with Crippen LogP contribution in [0.1, 0.15) is 82.2 Å². The number of alkyl carbamates (subject to hydrolysis) is 1. The summed E-state index contributed by atoms with van der Waals surface area (Å²) in [5.41, 5.74) is 2.30. The number of ether oxygens (including phenoxy) is 3. The number of likely N-dealkylation sites (tertiary alicyclic amines) is 1. The molecule has 4 aromatic rings. The molecule has 258 valence electrons. The second-order valence-electron chi connectivity index (χ2n) is 14.2. The van der Waals surface area contributed by atoms with Gasteiger partial charge < -0.3 is 24.8 Å². The van der Waals surface area contributed by atoms with Gasteiger partial charge in [-0.25, -0.2) is 19.1 Å². The smallest absolute Gasteiger partial charge is 0.419 e. The van der Waals surface area contributed by atoms with Crippen molar-refractivity contribution in [3.8, 4) is 0 Å². The Kier molecular flexibility index (Phi) is 10.1. The minimum Gasteiger partial charge on any atom is -0.444 e. The number of anilines is 1. The van der Waals surface area contributed by atoms with Crippen molar-refractivity contribution >= 4 is 45.7 Å². The van der Waals surface area contributed by atoms with Crippen molar-refractivity contribution in [1.82, 2.24) is 29.5 Å². The van der Waals surface area contributed by atoms with Crippen molar-refractivity contribution in [3.63, 3.8) is 0 Å². The van der Waals surface area contributed by atoms with Crippen molar-refractivity contribution in [1.29, 1.82) is 0 Å². The minimum atomic E-state index is -0.675. The summed E-state index contributed by atoms with van der Waals surface area (Å²) < 4.78 is 20.2. The molecule has 1 saturated heterocycles. The molecule has 0 unspecified atom stereocenters. The van der Waals surface area contributed by atoms with Crippen LogP contribution < -0.4 is 10.6 Å². The van der Waals surface area contributed by atoms with Crippen molar-refractivity contribution in [3.05, 3.63) is 53.5 Å². The Morgan fingerprint density at radius 2 is 1.73 bits per heavy atom. The third-order valence-corrected chi connectivity index (χ3v) is 7.95. The summed E-state index contributed by atoms with van der Waals surface area (Å²) in [6.07, 6.45) is 2.70. The molecular formula is C35H47N7O6. The maximum absolute atomic E-state index is 13.5. The lowest BCUT2D eigenvalue weighted by Gasteiger charge is -2.24. The van der Waals surface area contributed by atoms with Crippen molar-refractivity contribution in [2.24, 2.45) is 0 Å². The van der Waals surface area contributed by atoms with Gasteiger partial charge in [0.1, 0.15) is 17.0 Å². The van der Waals surface area contributed by atoms with E-state index < -0.39 is 23.4 Å². The first-order valence-corrected chi connectivity index (χ1v) is 16.4. The largest absolute Gasteiger partial charge is 0.444 e. The first-order valence-electron chi connectivity index (χ1n) is 16.4. The molecule has 2 amide bonds. The monoisotopic (exact) mass is 661 g/mol. The van der Waals surface area contributed by atoms with Gasteiger partial charge in [-0.05, 0) is 93.1 Å². The zero-order chi connectivity index (χ0) is 34.8. The average Bonchev–Trinajstić information content (AvgIpc) is 3.67. The van der Waals surface area contributed by atoms with E-state index in [0.717, 1.165) is 47.1 Å². The lowest BCUT2D eigenvalue weighted by molar-refractivity contribution is 0.0493. The van der Waals surface area contributed by atoms with Crippen LogP contribution in [0.2, 0.25) is 0 Å². The highest BCUT2D eigenvalue weighted by atomic mass is 16.6. The van der Waals surface area contributed by atoms with Crippen LogP contribution in [0.5, 0.6) is 0 Å². The van der Waals surface area contributed by atoms with Gasteiger partial charge in [0, 0.05) is 40.8 Å². The molecule has 1 fully saturated rings. The number of aryl methyl sites for hydroxylation is 1. The fourth-order valence-corrected chi connectivity index (χ4v) is 5.86. The van der Waals surface area contributed by atoms with Gasteiger partial charge >= 0.3 is 12.2 Å². The molecule has 48 heavy (non-hydrogen) atoms. The van der Waals surface area contributed by atoms with E-state index in [1.54, 1.807) is 29.0 Å². The number of aromatic nitrogens is 4. The van der Waals surface area contributed by atoms with E-state index in [0.29, 0.717) is 43.2 Å². The standard InChI is InChI=1S/C35H47N7O6/c1-22-25-12-11-23(18-28(25)41(39-22)15-17-46-16-13-36-32(44)47-34(2,3)4)31(43)38-30-20-27-24(21-37-30)19-29(26-10-9-14-40(26)8)42(27)33(45)48-35(5,6)7/h11-12,18-21,26H,9-10,13-17H2,1-8H3,(H,36,44)(H,37,38,43)/t26-/m1/s1. The lowest BCUT2D eigenvalue weighted by Crippen LogP contribution is -2.34. The predicted molar refractivity (Wildman–Crippen MR) is 183 cm³/mol. The van der Waals surface area contributed by atoms with E-state index in [1.165, 1.54) is 0 Å². The molecule has 2 N–H and O–H groups in total. The first kappa shape index (κ1) is 34.8. The van der Waals surface area contributed by atoms with Crippen LogP contribution in [0.15, 0.2) is 36.5 Å². The van der Waals surface area contributed by atoms with Crippen LogP contribution >= 0.6 is 0 Å². The van der Waals surface area contributed by atoms with Crippen LogP contribution in [0.4, 0.5) is 15.4 Å². The van der Waals surface area contributed by atoms with Gasteiger partial charge in [-0.2, -0.15) is 5.10 Å². The lowest BCUT2D eigenvalue weighted by atomic mass is 10.1. The second-order valence-corrected chi connectivity index (χ2v) is 14.2. The van der Waals surface area contributed by atoms with E-state index in [1.807, 2.05) is 65.3 Å². The Balaban J connectivity index is 1.30. The summed E-state index contributed by atoms with van der Waals surface area (Å²) >= 11 is 0. The topological polar surface area (TPSA) is 142 Å². The third kappa shape index (κ3) is 8.32. The Bertz CT molecular complexity index is 1810. The quantitative estimate of drug-likeness (QED) is 0.205. The van der Waals surface area contributed by atoms with Crippen molar-refractivity contribution < 1.29 is 28.6 Å². The van der Waals surface area contributed by atoms with Gasteiger partial charge in [-0.1, -0.05) is 6.07 Å². The summed E-state index contributed by atoms with van der Waals surface area (Å²) in [7, 11) is 2.06. The van der Waals surface area contributed by atoms with Crippen LogP contribution in [0, 0.1) is 6.92 Å². The summed E-state index contributed by atoms with van der Waals surface area (Å²) in [6.45, 7) is 15.3. The summed E-state index contributed by atoms with van der Waals surface area (Å²) in [4.78, 5) is 45.6. The van der Waals surface area contributed by atoms with E-state index in [9.17, 15) is 14.4 Å². The van der Waals surface area contributed by atoms with Crippen molar-refractivity contribution in [2.75, 3.05) is 38.7 Å². The van der Waals surface area contributed by atoms with E-state index >= 15 is 0 Å². The molecule has 1 aliphatic rings. The second kappa shape index (κ2) is 13.9. The third-order valence-electron chi connectivity index (χ3n) is 7.95. The number of carbonyl (C=O) groups excluding carboxylic acids is 3. The number of hydrogen-bond donors (Lipinski definition) is 2. The van der Waals surface area contributed by atoms with E-state index in [-0.39, 0.29) is 11.9 Å². The van der Waals surface area contributed by atoms with Gasteiger partial charge in [-0.15, -0.1) is 0 Å². The van der Waals surface area contributed by atoms with Gasteiger partial charge in [0.05, 0.1) is 42.5 Å². The molecule has 0 aliphatic carbocycles. The number of rotatable bonds is 9. The number of nitrogens with zero attached hydrogens (tertiary/aromatic N) is 5. The highest BCUT2D eigenvalue weighted by molar-refractivity contribution is 6.06. The maximum atomic E-state index is 13.5. The molecule has 3 aromatic heterocycles. The van der Waals surface area contributed by atoms with Crippen LogP contribution in [0.3, 0.4) is 0 Å². The highest BCUT2D eigenvalue weighted by Gasteiger charge is 2.31. The molecule has 5 rings (SSSR count). The molecule has 1 aliphatic heterocycles. The number of fused-ring (bicyclic) bond motifs is 2. The number of benzene rings is 1. The zero-order valence-corrected chi connectivity index (χ0v) is 29.2. The van der Waals surface area contributed by atoms with Crippen LogP contribution in [-0.2, 0) is 20.8 Å². The number of carbonyl (C=O) groups is 3. The Morgan fingerprint density at radius 3 is 2.42 bits per heavy atom. The molecule has 13 heteroatoms. The number of hydrogen-bond acceptors (Lipinski definition) is 9. The molecule has 13 nitrogen and oxygen atoms in total. The zero-order valence-electron chi connectivity index (χ0n) is 29.2. The first-order chi connectivity index (χ1) is 22.6. The molecule has 0 spiro atoms. The molecule has 1 aromatic carbocycles. The Hall–Kier alpha value is -4.49. The van der Waals surface area contributed by atoms with Crippen LogP contribution in [-0.4, -0.2) is 86.9 Å². The maximum Gasteiger partial charge on any atom is 0.419 e. The van der Waals surface area contributed by atoms with Gasteiger partial charge in [0.15, 0.2) is 0 Å². The molecule has 1 atom stereocenters. The number of pyridine rings is 1. The Labute approximate surface area is 280 Å². The van der Waals surface area contributed by atoms with Gasteiger partial charge in [-0.3, -0.25) is 14.4 Å². The predicted octanol–water partition coefficient (Wildman–Crippen LogP) is 6.04. The molecular weight excluding hydrogens is 614 g/mol. The summed E-state index contributed by atoms with van der Waals surface area (Å²) in [5.74, 6) is -0.0235. The fraction of sp³-hybridized carbons (Fsp3) is 0.514. The normalized spacial score (nSPS) is 15.6. The summed E-state index contributed by atoms with van der Waals surface area (Å²) in [6, 6.07) is 9.21. The number of nitrogens with one attached hydrogen (secondary N) is 2. The number of amides is 2. The molecule has 0 saturated carbocycles. The van der Waals surface area contributed by atoms with Crippen molar-refractivity contribution in [2.45, 2.75) is 85.1 Å². The average molecular weight is 662 g/mol. The van der Waals surface area contributed by atoms with Crippen LogP contribution in [0.25, 0.3) is 21.8 Å². The highest BCUT2D eigenvalue weighted by Crippen LogP contribution is 2.35. The minimum absolute atomic E-state index is 0.0716. The fourth-order valence-electron chi connectivity index (χ4n) is 5.86. The van der Waals surface area contributed by atoms with E-state index in [4.69, 9.17) is 14.2 Å². The Morgan fingerprint density at radius 1 is 0.979 bits per heavy atom.